The Hall–Kier alpha value is -5.23. The number of carbonyl (C=O) groups is 2. The first kappa shape index (κ1) is 29.5. The van der Waals surface area contributed by atoms with Crippen LogP contribution in [0.1, 0.15) is 13.8 Å². The van der Waals surface area contributed by atoms with E-state index in [-0.39, 0.29) is 24.1 Å². The van der Waals surface area contributed by atoms with Crippen molar-refractivity contribution in [3.8, 4) is 5.82 Å². The molecule has 2 unspecified atom stereocenters. The standard InChI is InChI=1S/C34H38N10O2/c1-4-41-18-19-43(34(41)46)25-12-13-29-28(20-25)36-22-44(29)31-14-15-35-32(39-31)37-23(2)30-21-42(17-16-40(30)3)33(45)38-27-11-7-9-24-8-5-6-10-26(24)27/h5-15,20,22-23,30H,4,16-19,21H2,1-3H3,(H,38,45)(H,35,37,39). The molecule has 2 atom stereocenters. The summed E-state index contributed by atoms with van der Waals surface area (Å²) in [5, 5.41) is 8.73. The van der Waals surface area contributed by atoms with Crippen LogP contribution >= 0.6 is 0 Å². The maximum Gasteiger partial charge on any atom is 0.324 e. The van der Waals surface area contributed by atoms with Crippen LogP contribution in [0.4, 0.5) is 26.9 Å². The molecule has 12 heteroatoms. The van der Waals surface area contributed by atoms with Crippen molar-refractivity contribution in [3.63, 3.8) is 0 Å². The summed E-state index contributed by atoms with van der Waals surface area (Å²) in [6.07, 6.45) is 3.48. The number of fused-ring (bicyclic) bond motifs is 2. The summed E-state index contributed by atoms with van der Waals surface area (Å²) in [7, 11) is 2.08. The van der Waals surface area contributed by atoms with Crippen molar-refractivity contribution < 1.29 is 9.59 Å². The van der Waals surface area contributed by atoms with Gasteiger partial charge in [-0.3, -0.25) is 14.4 Å². The molecule has 4 heterocycles. The average molecular weight is 619 g/mol. The Balaban J connectivity index is 1.04. The normalized spacial score (nSPS) is 18.0. The molecule has 5 aromatic rings. The van der Waals surface area contributed by atoms with Gasteiger partial charge in [-0.1, -0.05) is 36.4 Å². The Labute approximate surface area is 267 Å². The first-order valence-corrected chi connectivity index (χ1v) is 15.8. The number of carbonyl (C=O) groups excluding carboxylic acids is 2. The van der Waals surface area contributed by atoms with Crippen molar-refractivity contribution >= 4 is 51.2 Å². The lowest BCUT2D eigenvalue weighted by atomic mass is 10.1. The minimum atomic E-state index is -0.105. The number of rotatable bonds is 7. The molecule has 7 rings (SSSR count). The molecule has 4 amide bonds. The molecule has 2 aliphatic heterocycles. The van der Waals surface area contributed by atoms with Gasteiger partial charge in [0, 0.05) is 68.6 Å². The first-order valence-electron chi connectivity index (χ1n) is 15.8. The highest BCUT2D eigenvalue weighted by Crippen LogP contribution is 2.27. The molecule has 2 aromatic heterocycles. The molecule has 2 N–H and O–H groups in total. The highest BCUT2D eigenvalue weighted by atomic mass is 16.2. The largest absolute Gasteiger partial charge is 0.350 e. The maximum atomic E-state index is 13.4. The highest BCUT2D eigenvalue weighted by molar-refractivity contribution is 6.01. The predicted octanol–water partition coefficient (Wildman–Crippen LogP) is 4.88. The van der Waals surface area contributed by atoms with E-state index in [9.17, 15) is 9.59 Å². The number of aromatic nitrogens is 4. The molecular weight excluding hydrogens is 580 g/mol. The zero-order valence-electron chi connectivity index (χ0n) is 26.3. The molecule has 0 spiro atoms. The van der Waals surface area contributed by atoms with Gasteiger partial charge in [-0.05, 0) is 56.6 Å². The number of piperazine rings is 1. The number of amides is 4. The van der Waals surface area contributed by atoms with E-state index < -0.39 is 0 Å². The molecular formula is C34H38N10O2. The smallest absolute Gasteiger partial charge is 0.324 e. The van der Waals surface area contributed by atoms with E-state index in [2.05, 4.69) is 39.5 Å². The van der Waals surface area contributed by atoms with Crippen LogP contribution in [0.25, 0.3) is 27.6 Å². The Morgan fingerprint density at radius 2 is 1.85 bits per heavy atom. The second-order valence-electron chi connectivity index (χ2n) is 11.9. The monoisotopic (exact) mass is 618 g/mol. The second kappa shape index (κ2) is 12.3. The minimum Gasteiger partial charge on any atom is -0.350 e. The van der Waals surface area contributed by atoms with Crippen LogP contribution in [-0.2, 0) is 0 Å². The van der Waals surface area contributed by atoms with Gasteiger partial charge in [0.2, 0.25) is 5.95 Å². The Bertz CT molecular complexity index is 1900. The Morgan fingerprint density at radius 3 is 2.70 bits per heavy atom. The van der Waals surface area contributed by atoms with E-state index >= 15 is 0 Å². The zero-order chi connectivity index (χ0) is 31.8. The molecule has 236 valence electrons. The number of benzene rings is 3. The van der Waals surface area contributed by atoms with Crippen molar-refractivity contribution in [2.45, 2.75) is 25.9 Å². The summed E-state index contributed by atoms with van der Waals surface area (Å²) in [6, 6.07) is 21.7. The molecule has 2 saturated heterocycles. The quantitative estimate of drug-likeness (QED) is 0.267. The van der Waals surface area contributed by atoms with Gasteiger partial charge >= 0.3 is 12.1 Å². The van der Waals surface area contributed by atoms with Gasteiger partial charge in [0.15, 0.2) is 0 Å². The van der Waals surface area contributed by atoms with Crippen LogP contribution < -0.4 is 15.5 Å². The SMILES string of the molecule is CCN1CCN(c2ccc3c(c2)ncn3-c2ccnc(NC(C)C3CN(C(=O)Nc4cccc5ccccc45)CCN3C)n2)C1=O. The topological polar surface area (TPSA) is 115 Å². The van der Waals surface area contributed by atoms with Crippen molar-refractivity contribution in [1.82, 2.24) is 34.2 Å². The van der Waals surface area contributed by atoms with Gasteiger partial charge < -0.3 is 20.4 Å². The molecule has 2 fully saturated rings. The Morgan fingerprint density at radius 1 is 1.00 bits per heavy atom. The van der Waals surface area contributed by atoms with Crippen LogP contribution in [-0.4, -0.2) is 105 Å². The van der Waals surface area contributed by atoms with Crippen molar-refractivity contribution in [2.24, 2.45) is 0 Å². The zero-order valence-corrected chi connectivity index (χ0v) is 26.3. The van der Waals surface area contributed by atoms with E-state index in [1.165, 1.54) is 0 Å². The third kappa shape index (κ3) is 5.56. The lowest BCUT2D eigenvalue weighted by Crippen LogP contribution is -2.59. The number of anilines is 3. The summed E-state index contributed by atoms with van der Waals surface area (Å²) >= 11 is 0. The first-order chi connectivity index (χ1) is 22.4. The molecule has 46 heavy (non-hydrogen) atoms. The number of nitrogens with one attached hydrogen (secondary N) is 2. The lowest BCUT2D eigenvalue weighted by molar-refractivity contribution is 0.108. The van der Waals surface area contributed by atoms with Gasteiger partial charge in [-0.25, -0.2) is 19.6 Å². The number of hydrogen-bond donors (Lipinski definition) is 2. The molecule has 0 saturated carbocycles. The lowest BCUT2D eigenvalue weighted by Gasteiger charge is -2.42. The number of hydrogen-bond acceptors (Lipinski definition) is 7. The van der Waals surface area contributed by atoms with Crippen LogP contribution in [0.3, 0.4) is 0 Å². The maximum absolute atomic E-state index is 13.4. The van der Waals surface area contributed by atoms with Crippen LogP contribution in [0.5, 0.6) is 0 Å². The summed E-state index contributed by atoms with van der Waals surface area (Å²) < 4.78 is 1.92. The fraction of sp³-hybridized carbons (Fsp3) is 0.324. The van der Waals surface area contributed by atoms with Gasteiger partial charge in [0.1, 0.15) is 12.1 Å². The van der Waals surface area contributed by atoms with Crippen LogP contribution in [0.15, 0.2) is 79.3 Å². The molecule has 3 aromatic carbocycles. The molecule has 0 radical (unpaired) electrons. The van der Waals surface area contributed by atoms with E-state index in [1.807, 2.05) is 88.0 Å². The van der Waals surface area contributed by atoms with Gasteiger partial charge in [-0.15, -0.1) is 0 Å². The van der Waals surface area contributed by atoms with E-state index in [0.717, 1.165) is 46.3 Å². The van der Waals surface area contributed by atoms with Crippen molar-refractivity contribution in [1.29, 1.82) is 0 Å². The minimum absolute atomic E-state index is 0.0269. The molecule has 0 bridgehead atoms. The third-order valence-corrected chi connectivity index (χ3v) is 9.16. The third-order valence-electron chi connectivity index (χ3n) is 9.16. The van der Waals surface area contributed by atoms with Crippen LogP contribution in [0.2, 0.25) is 0 Å². The van der Waals surface area contributed by atoms with E-state index in [0.29, 0.717) is 37.9 Å². The van der Waals surface area contributed by atoms with Crippen LogP contribution in [0, 0.1) is 0 Å². The molecule has 2 aliphatic rings. The number of likely N-dealkylation sites (N-methyl/N-ethyl adjacent to an activating group) is 2. The van der Waals surface area contributed by atoms with Gasteiger partial charge in [0.05, 0.1) is 16.7 Å². The van der Waals surface area contributed by atoms with E-state index in [4.69, 9.17) is 4.98 Å². The molecule has 0 aliphatic carbocycles. The fourth-order valence-corrected chi connectivity index (χ4v) is 6.47. The number of imidazole rings is 1. The highest BCUT2D eigenvalue weighted by Gasteiger charge is 2.32. The van der Waals surface area contributed by atoms with Crippen molar-refractivity contribution in [2.75, 3.05) is 61.8 Å². The summed E-state index contributed by atoms with van der Waals surface area (Å²) in [6.45, 7) is 8.13. The molecule has 12 nitrogen and oxygen atoms in total. The van der Waals surface area contributed by atoms with Gasteiger partial charge in [0.25, 0.3) is 0 Å². The van der Waals surface area contributed by atoms with E-state index in [1.54, 1.807) is 17.4 Å². The van der Waals surface area contributed by atoms with Crippen molar-refractivity contribution in [3.05, 3.63) is 79.3 Å². The second-order valence-corrected chi connectivity index (χ2v) is 11.9. The summed E-state index contributed by atoms with van der Waals surface area (Å²) in [5.74, 6) is 1.18. The number of urea groups is 2. The Kier molecular flexibility index (Phi) is 7.87. The fourth-order valence-electron chi connectivity index (χ4n) is 6.47. The summed E-state index contributed by atoms with van der Waals surface area (Å²) in [4.78, 5) is 47.8. The number of nitrogens with zero attached hydrogens (tertiary/aromatic N) is 8. The summed E-state index contributed by atoms with van der Waals surface area (Å²) in [5.41, 5.74) is 3.33. The average Bonchev–Trinajstić information content (AvgIpc) is 3.67. The van der Waals surface area contributed by atoms with Gasteiger partial charge in [-0.2, -0.15) is 4.98 Å². The predicted molar refractivity (Wildman–Crippen MR) is 181 cm³/mol.